The molecule has 4 atom stereocenters. The molecule has 2 aliphatic heterocycles. The Bertz CT molecular complexity index is 1450. The first-order valence-electron chi connectivity index (χ1n) is 13.9. The van der Waals surface area contributed by atoms with Crippen molar-refractivity contribution in [1.82, 2.24) is 20.4 Å². The first-order chi connectivity index (χ1) is 20.2. The SMILES string of the molecule is COc1ccccc1CNC(=O)NC(Cc1ccccc1)C(O)C(=O)N1CSC2(C)C1C(=O)N2Cc1ccccc1C. The first kappa shape index (κ1) is 29.5. The summed E-state index contributed by atoms with van der Waals surface area (Å²) < 4.78 is 5.36. The molecule has 0 bridgehead atoms. The van der Waals surface area contributed by atoms with Crippen molar-refractivity contribution in [3.63, 3.8) is 0 Å². The van der Waals surface area contributed by atoms with E-state index in [9.17, 15) is 19.5 Å². The van der Waals surface area contributed by atoms with E-state index in [0.717, 1.165) is 22.3 Å². The van der Waals surface area contributed by atoms with Gasteiger partial charge in [0.1, 0.15) is 16.7 Å². The minimum absolute atomic E-state index is 0.145. The number of carbonyl (C=O) groups excluding carboxylic acids is 3. The summed E-state index contributed by atoms with van der Waals surface area (Å²) in [5, 5.41) is 17.0. The predicted octanol–water partition coefficient (Wildman–Crippen LogP) is 3.44. The lowest BCUT2D eigenvalue weighted by Gasteiger charge is -2.53. The number of nitrogens with zero attached hydrogens (tertiary/aromatic N) is 2. The van der Waals surface area contributed by atoms with Crippen LogP contribution in [-0.4, -0.2) is 68.8 Å². The van der Waals surface area contributed by atoms with Gasteiger partial charge in [0.2, 0.25) is 5.91 Å². The molecule has 2 fully saturated rings. The Morgan fingerprint density at radius 3 is 2.43 bits per heavy atom. The number of ether oxygens (including phenoxy) is 1. The average molecular weight is 589 g/mol. The molecule has 3 aromatic rings. The smallest absolute Gasteiger partial charge is 0.315 e. The van der Waals surface area contributed by atoms with Gasteiger partial charge in [-0.3, -0.25) is 9.59 Å². The summed E-state index contributed by atoms with van der Waals surface area (Å²) in [6, 6.07) is 22.5. The summed E-state index contributed by atoms with van der Waals surface area (Å²) >= 11 is 1.51. The van der Waals surface area contributed by atoms with Gasteiger partial charge in [-0.25, -0.2) is 4.79 Å². The molecule has 2 saturated heterocycles. The fourth-order valence-corrected chi connectivity index (χ4v) is 6.98. The first-order valence-corrected chi connectivity index (χ1v) is 14.9. The van der Waals surface area contributed by atoms with Crippen LogP contribution in [0, 0.1) is 6.92 Å². The number of amides is 4. The molecule has 5 rings (SSSR count). The molecule has 0 spiro atoms. The number of thioether (sulfide) groups is 1. The van der Waals surface area contributed by atoms with E-state index >= 15 is 0 Å². The van der Waals surface area contributed by atoms with Gasteiger partial charge in [0, 0.05) is 18.7 Å². The summed E-state index contributed by atoms with van der Waals surface area (Å²) in [5.41, 5.74) is 3.80. The molecule has 0 radical (unpaired) electrons. The van der Waals surface area contributed by atoms with E-state index < -0.39 is 35.0 Å². The molecule has 0 aliphatic carbocycles. The summed E-state index contributed by atoms with van der Waals surface area (Å²) in [7, 11) is 1.56. The van der Waals surface area contributed by atoms with E-state index in [1.54, 1.807) is 18.1 Å². The number of methoxy groups -OCH3 is 1. The minimum Gasteiger partial charge on any atom is -0.496 e. The molecule has 0 aromatic heterocycles. The van der Waals surface area contributed by atoms with Crippen LogP contribution >= 0.6 is 11.8 Å². The number of para-hydroxylation sites is 1. The maximum absolute atomic E-state index is 13.7. The van der Waals surface area contributed by atoms with Crippen molar-refractivity contribution in [3.8, 4) is 5.75 Å². The van der Waals surface area contributed by atoms with Gasteiger partial charge in [0.25, 0.3) is 5.91 Å². The molecular formula is C32H36N4O5S. The highest BCUT2D eigenvalue weighted by atomic mass is 32.2. The van der Waals surface area contributed by atoms with Crippen LogP contribution in [0.1, 0.15) is 29.2 Å². The molecule has 10 heteroatoms. The molecule has 2 heterocycles. The van der Waals surface area contributed by atoms with Crippen molar-refractivity contribution < 1.29 is 24.2 Å². The zero-order chi connectivity index (χ0) is 29.9. The number of β-lactam (4-membered cyclic amide) rings is 1. The third-order valence-electron chi connectivity index (χ3n) is 8.10. The molecule has 220 valence electrons. The number of fused-ring (bicyclic) bond motifs is 1. The monoisotopic (exact) mass is 588 g/mol. The largest absolute Gasteiger partial charge is 0.496 e. The van der Waals surface area contributed by atoms with Crippen molar-refractivity contribution in [2.45, 2.75) is 56.4 Å². The number of hydrogen-bond donors (Lipinski definition) is 3. The number of aliphatic hydroxyl groups excluding tert-OH is 1. The standard InChI is InChI=1S/C32H36N4O5S/c1-21-11-7-8-15-24(21)19-36-30(39)28-32(36,2)42-20-35(28)29(38)27(37)25(17-22-12-5-4-6-13-22)34-31(40)33-18-23-14-9-10-16-26(23)41-3/h4-16,25,27-28,37H,17-20H2,1-3H3,(H2,33,34,40). The van der Waals surface area contributed by atoms with Crippen LogP contribution in [0.15, 0.2) is 78.9 Å². The lowest BCUT2D eigenvalue weighted by Crippen LogP contribution is -2.73. The van der Waals surface area contributed by atoms with Gasteiger partial charge in [-0.15, -0.1) is 11.8 Å². The van der Waals surface area contributed by atoms with Crippen molar-refractivity contribution in [2.75, 3.05) is 13.0 Å². The number of aliphatic hydroxyl groups is 1. The number of aryl methyl sites for hydroxylation is 1. The maximum atomic E-state index is 13.7. The van der Waals surface area contributed by atoms with Crippen molar-refractivity contribution in [2.24, 2.45) is 0 Å². The Morgan fingerprint density at radius 2 is 1.71 bits per heavy atom. The van der Waals surface area contributed by atoms with Crippen LogP contribution in [0.3, 0.4) is 0 Å². The second-order valence-corrected chi connectivity index (χ2v) is 12.1. The van der Waals surface area contributed by atoms with Crippen LogP contribution in [0.2, 0.25) is 0 Å². The maximum Gasteiger partial charge on any atom is 0.315 e. The number of hydrogen-bond acceptors (Lipinski definition) is 6. The van der Waals surface area contributed by atoms with Gasteiger partial charge in [-0.05, 0) is 43.0 Å². The van der Waals surface area contributed by atoms with Gasteiger partial charge >= 0.3 is 6.03 Å². The number of rotatable bonds is 10. The minimum atomic E-state index is -1.55. The van der Waals surface area contributed by atoms with E-state index in [4.69, 9.17) is 4.74 Å². The lowest BCUT2D eigenvalue weighted by molar-refractivity contribution is -0.168. The molecular weight excluding hydrogens is 552 g/mol. The Hall–Kier alpha value is -4.02. The topological polar surface area (TPSA) is 111 Å². The van der Waals surface area contributed by atoms with E-state index in [2.05, 4.69) is 10.6 Å². The van der Waals surface area contributed by atoms with Crippen LogP contribution in [0.4, 0.5) is 4.79 Å². The number of carbonyl (C=O) groups is 3. The lowest BCUT2D eigenvalue weighted by atomic mass is 9.91. The average Bonchev–Trinajstić information content (AvgIpc) is 3.32. The van der Waals surface area contributed by atoms with E-state index in [1.165, 1.54) is 16.7 Å². The number of benzene rings is 3. The molecule has 9 nitrogen and oxygen atoms in total. The highest BCUT2D eigenvalue weighted by molar-refractivity contribution is 8.01. The van der Waals surface area contributed by atoms with Crippen molar-refractivity contribution in [1.29, 1.82) is 0 Å². The third kappa shape index (κ3) is 5.82. The van der Waals surface area contributed by atoms with Crippen LogP contribution in [0.5, 0.6) is 5.75 Å². The third-order valence-corrected chi connectivity index (χ3v) is 9.54. The quantitative estimate of drug-likeness (QED) is 0.313. The van der Waals surface area contributed by atoms with Crippen molar-refractivity contribution >= 4 is 29.6 Å². The summed E-state index contributed by atoms with van der Waals surface area (Å²) in [6.45, 7) is 4.64. The zero-order valence-electron chi connectivity index (χ0n) is 23.9. The molecule has 3 aromatic carbocycles. The Labute approximate surface area is 250 Å². The van der Waals surface area contributed by atoms with Crippen LogP contribution in [-0.2, 0) is 29.1 Å². The van der Waals surface area contributed by atoms with Gasteiger partial charge in [0.05, 0.1) is 19.0 Å². The molecule has 3 N–H and O–H groups in total. The highest BCUT2D eigenvalue weighted by Gasteiger charge is 2.65. The fourth-order valence-electron chi connectivity index (χ4n) is 5.61. The van der Waals surface area contributed by atoms with Gasteiger partial charge in [-0.1, -0.05) is 72.8 Å². The molecule has 42 heavy (non-hydrogen) atoms. The second-order valence-electron chi connectivity index (χ2n) is 10.8. The fraction of sp³-hybridized carbons (Fsp3) is 0.344. The summed E-state index contributed by atoms with van der Waals surface area (Å²) in [4.78, 5) is 42.7. The molecule has 4 amide bonds. The number of nitrogens with one attached hydrogen (secondary N) is 2. The number of urea groups is 1. The predicted molar refractivity (Wildman–Crippen MR) is 162 cm³/mol. The highest BCUT2D eigenvalue weighted by Crippen LogP contribution is 2.51. The van der Waals surface area contributed by atoms with E-state index in [1.807, 2.05) is 86.6 Å². The number of likely N-dealkylation sites (tertiary alicyclic amines) is 1. The van der Waals surface area contributed by atoms with Crippen LogP contribution in [0.25, 0.3) is 0 Å². The Morgan fingerprint density at radius 1 is 1.05 bits per heavy atom. The van der Waals surface area contributed by atoms with Crippen molar-refractivity contribution in [3.05, 3.63) is 101 Å². The van der Waals surface area contributed by atoms with E-state index in [-0.39, 0.29) is 24.7 Å². The van der Waals surface area contributed by atoms with Gasteiger partial charge in [-0.2, -0.15) is 0 Å². The van der Waals surface area contributed by atoms with Gasteiger partial charge in [0.15, 0.2) is 6.10 Å². The molecule has 4 unspecified atom stereocenters. The zero-order valence-corrected chi connectivity index (χ0v) is 24.8. The van der Waals surface area contributed by atoms with Gasteiger partial charge < -0.3 is 30.3 Å². The normalized spacial score (nSPS) is 20.8. The molecule has 0 saturated carbocycles. The Balaban J connectivity index is 1.28. The van der Waals surface area contributed by atoms with E-state index in [0.29, 0.717) is 12.3 Å². The molecule has 2 aliphatic rings. The Kier molecular flexibility index (Phi) is 8.74. The summed E-state index contributed by atoms with van der Waals surface area (Å²) in [5.74, 6) is 0.190. The summed E-state index contributed by atoms with van der Waals surface area (Å²) in [6.07, 6.45) is -1.32. The van der Waals surface area contributed by atoms with Crippen LogP contribution < -0.4 is 15.4 Å². The second kappa shape index (κ2) is 12.5.